The van der Waals surface area contributed by atoms with E-state index in [1.807, 2.05) is 6.07 Å². The van der Waals surface area contributed by atoms with Crippen LogP contribution in [-0.2, 0) is 0 Å². The number of carbonyl (C=O) groups is 1. The number of benzene rings is 1. The van der Waals surface area contributed by atoms with Crippen LogP contribution in [0.3, 0.4) is 0 Å². The summed E-state index contributed by atoms with van der Waals surface area (Å²) in [5.74, 6) is 0.621. The van der Waals surface area contributed by atoms with Crippen LogP contribution in [0.1, 0.15) is 22.3 Å². The molecule has 0 spiro atoms. The molecule has 0 saturated heterocycles. The quantitative estimate of drug-likeness (QED) is 0.534. The molecular weight excluding hydrogens is 298 g/mol. The van der Waals surface area contributed by atoms with Crippen molar-refractivity contribution < 1.29 is 4.79 Å². The minimum Gasteiger partial charge on any atom is -0.267 e. The topological polar surface area (TPSA) is 54.4 Å². The molecule has 4 nitrogen and oxygen atoms in total. The summed E-state index contributed by atoms with van der Waals surface area (Å²) < 4.78 is 0. The first-order valence-corrected chi connectivity index (χ1v) is 8.04. The van der Waals surface area contributed by atoms with Crippen LogP contribution in [0.25, 0.3) is 5.57 Å². The second kappa shape index (κ2) is 6.24. The molecule has 24 heavy (non-hydrogen) atoms. The van der Waals surface area contributed by atoms with E-state index in [0.717, 1.165) is 6.42 Å². The van der Waals surface area contributed by atoms with Crippen LogP contribution in [0, 0.1) is 11.8 Å². The highest BCUT2D eigenvalue weighted by Gasteiger charge is 2.34. The van der Waals surface area contributed by atoms with Crippen molar-refractivity contribution in [2.24, 2.45) is 16.9 Å². The van der Waals surface area contributed by atoms with Gasteiger partial charge in [-0.1, -0.05) is 42.5 Å². The number of fused-ring (bicyclic) bond motifs is 2. The summed E-state index contributed by atoms with van der Waals surface area (Å²) in [7, 11) is 0. The Labute approximate surface area is 140 Å². The summed E-state index contributed by atoms with van der Waals surface area (Å²) in [4.78, 5) is 16.0. The van der Waals surface area contributed by atoms with Gasteiger partial charge in [-0.25, -0.2) is 5.43 Å². The lowest BCUT2D eigenvalue weighted by molar-refractivity contribution is 0.0955. The van der Waals surface area contributed by atoms with E-state index in [1.54, 1.807) is 30.7 Å². The molecule has 1 N–H and O–H groups in total. The number of hydrogen-bond acceptors (Lipinski definition) is 3. The van der Waals surface area contributed by atoms with Crippen LogP contribution in [-0.4, -0.2) is 17.1 Å². The standard InChI is InChI=1S/C20H17N3O/c24-20(15-8-10-21-11-9-15)23-22-13-18-16-6-7-17(12-16)19(18)14-4-2-1-3-5-14/h1-11,13,16-17H,12H2,(H,23,24)/b22-13+. The summed E-state index contributed by atoms with van der Waals surface area (Å²) in [6, 6.07) is 13.7. The van der Waals surface area contributed by atoms with Gasteiger partial charge in [0.1, 0.15) is 0 Å². The molecule has 2 unspecified atom stereocenters. The Hall–Kier alpha value is -3.01. The van der Waals surface area contributed by atoms with Crippen LogP contribution >= 0.6 is 0 Å². The second-order valence-corrected chi connectivity index (χ2v) is 6.00. The van der Waals surface area contributed by atoms with Crippen molar-refractivity contribution in [3.63, 3.8) is 0 Å². The number of rotatable bonds is 4. The largest absolute Gasteiger partial charge is 0.271 e. The Morgan fingerprint density at radius 2 is 1.83 bits per heavy atom. The van der Waals surface area contributed by atoms with Crippen molar-refractivity contribution in [3.05, 3.63) is 83.7 Å². The fourth-order valence-corrected chi connectivity index (χ4v) is 3.45. The van der Waals surface area contributed by atoms with E-state index in [0.29, 0.717) is 17.4 Å². The molecule has 118 valence electrons. The molecule has 2 bridgehead atoms. The normalized spacial score (nSPS) is 21.7. The minimum atomic E-state index is -0.228. The third-order valence-electron chi connectivity index (χ3n) is 4.56. The molecule has 0 radical (unpaired) electrons. The Morgan fingerprint density at radius 1 is 1.08 bits per heavy atom. The molecule has 1 aromatic carbocycles. The average molecular weight is 315 g/mol. The van der Waals surface area contributed by atoms with Crippen molar-refractivity contribution in [2.75, 3.05) is 0 Å². The highest BCUT2D eigenvalue weighted by Crippen LogP contribution is 2.47. The monoisotopic (exact) mass is 315 g/mol. The number of aromatic nitrogens is 1. The molecule has 4 heteroatoms. The first-order chi connectivity index (χ1) is 11.8. The lowest BCUT2D eigenvalue weighted by Gasteiger charge is -2.13. The lowest BCUT2D eigenvalue weighted by atomic mass is 9.92. The fraction of sp³-hybridized carbons (Fsp3) is 0.150. The van der Waals surface area contributed by atoms with Gasteiger partial charge in [0.05, 0.1) is 6.21 Å². The maximum Gasteiger partial charge on any atom is 0.271 e. The predicted octanol–water partition coefficient (Wildman–Crippen LogP) is 3.46. The number of amides is 1. The number of carbonyl (C=O) groups excluding carboxylic acids is 1. The van der Waals surface area contributed by atoms with E-state index in [-0.39, 0.29) is 5.91 Å². The van der Waals surface area contributed by atoms with Crippen molar-refractivity contribution in [1.82, 2.24) is 10.4 Å². The van der Waals surface area contributed by atoms with Gasteiger partial charge in [0.2, 0.25) is 0 Å². The van der Waals surface area contributed by atoms with E-state index in [1.165, 1.54) is 16.7 Å². The summed E-state index contributed by atoms with van der Waals surface area (Å²) >= 11 is 0. The molecule has 2 atom stereocenters. The summed E-state index contributed by atoms with van der Waals surface area (Å²) in [6.07, 6.45) is 10.6. The molecule has 0 aliphatic heterocycles. The van der Waals surface area contributed by atoms with E-state index >= 15 is 0 Å². The molecule has 1 aromatic heterocycles. The number of allylic oxidation sites excluding steroid dienone is 4. The highest BCUT2D eigenvalue weighted by molar-refractivity contribution is 5.98. The van der Waals surface area contributed by atoms with E-state index in [9.17, 15) is 4.79 Å². The third-order valence-corrected chi connectivity index (χ3v) is 4.56. The first kappa shape index (κ1) is 14.6. The number of nitrogens with zero attached hydrogens (tertiary/aromatic N) is 2. The van der Waals surface area contributed by atoms with Crippen LogP contribution < -0.4 is 5.43 Å². The molecule has 0 fully saturated rings. The number of hydrogen-bond donors (Lipinski definition) is 1. The number of hydrazone groups is 1. The molecular formula is C20H17N3O. The maximum absolute atomic E-state index is 12.0. The van der Waals surface area contributed by atoms with Gasteiger partial charge < -0.3 is 0 Å². The first-order valence-electron chi connectivity index (χ1n) is 8.04. The molecule has 2 aromatic rings. The van der Waals surface area contributed by atoms with Gasteiger partial charge >= 0.3 is 0 Å². The van der Waals surface area contributed by atoms with Gasteiger partial charge in [-0.05, 0) is 35.3 Å². The molecule has 0 saturated carbocycles. The molecule has 2 aliphatic rings. The fourth-order valence-electron chi connectivity index (χ4n) is 3.45. The zero-order valence-electron chi connectivity index (χ0n) is 13.1. The highest BCUT2D eigenvalue weighted by atomic mass is 16.2. The third kappa shape index (κ3) is 2.67. The van der Waals surface area contributed by atoms with Gasteiger partial charge in [0.25, 0.3) is 5.91 Å². The van der Waals surface area contributed by atoms with Gasteiger partial charge in [-0.15, -0.1) is 0 Å². The number of nitrogens with one attached hydrogen (secondary N) is 1. The predicted molar refractivity (Wildman–Crippen MR) is 94.3 cm³/mol. The van der Waals surface area contributed by atoms with Crippen LogP contribution in [0.4, 0.5) is 0 Å². The summed E-state index contributed by atoms with van der Waals surface area (Å²) in [6.45, 7) is 0. The van der Waals surface area contributed by atoms with E-state index in [2.05, 4.69) is 51.9 Å². The van der Waals surface area contributed by atoms with Gasteiger partial charge in [-0.2, -0.15) is 5.10 Å². The van der Waals surface area contributed by atoms with Crippen LogP contribution in [0.2, 0.25) is 0 Å². The number of pyridine rings is 1. The lowest BCUT2D eigenvalue weighted by Crippen LogP contribution is -2.18. The van der Waals surface area contributed by atoms with Crippen LogP contribution in [0.15, 0.2) is 77.7 Å². The Balaban J connectivity index is 1.56. The van der Waals surface area contributed by atoms with Gasteiger partial charge in [0, 0.05) is 29.8 Å². The minimum absolute atomic E-state index is 0.228. The SMILES string of the molecule is O=C(N/N=C/C1=C(c2ccccc2)C2C=CC1C2)c1ccncc1. The van der Waals surface area contributed by atoms with Crippen molar-refractivity contribution in [1.29, 1.82) is 0 Å². The maximum atomic E-state index is 12.0. The second-order valence-electron chi connectivity index (χ2n) is 6.00. The average Bonchev–Trinajstić information content (AvgIpc) is 3.24. The Kier molecular flexibility index (Phi) is 3.79. The summed E-state index contributed by atoms with van der Waals surface area (Å²) in [5, 5.41) is 4.19. The van der Waals surface area contributed by atoms with E-state index < -0.39 is 0 Å². The van der Waals surface area contributed by atoms with Crippen molar-refractivity contribution in [3.8, 4) is 0 Å². The van der Waals surface area contributed by atoms with Crippen molar-refractivity contribution in [2.45, 2.75) is 6.42 Å². The van der Waals surface area contributed by atoms with Crippen molar-refractivity contribution >= 4 is 17.7 Å². The van der Waals surface area contributed by atoms with Crippen LogP contribution in [0.5, 0.6) is 0 Å². The summed E-state index contributed by atoms with van der Waals surface area (Å²) in [5.41, 5.74) is 6.90. The zero-order valence-corrected chi connectivity index (χ0v) is 13.1. The van der Waals surface area contributed by atoms with E-state index in [4.69, 9.17) is 0 Å². The molecule has 1 amide bonds. The zero-order chi connectivity index (χ0) is 16.4. The molecule has 2 aliphatic carbocycles. The smallest absolute Gasteiger partial charge is 0.267 e. The molecule has 4 rings (SSSR count). The van der Waals surface area contributed by atoms with Gasteiger partial charge in [-0.3, -0.25) is 9.78 Å². The Bertz CT molecular complexity index is 838. The Morgan fingerprint density at radius 3 is 2.62 bits per heavy atom. The van der Waals surface area contributed by atoms with Gasteiger partial charge in [0.15, 0.2) is 0 Å². The molecule has 1 heterocycles.